The summed E-state index contributed by atoms with van der Waals surface area (Å²) in [6.07, 6.45) is 1.10. The zero-order valence-electron chi connectivity index (χ0n) is 5.98. The topological polar surface area (TPSA) is 26.0 Å². The molecule has 1 nitrogen and oxygen atoms in total. The highest BCUT2D eigenvalue weighted by molar-refractivity contribution is 9.09. The zero-order chi connectivity index (χ0) is 6.62. The van der Waals surface area contributed by atoms with E-state index in [4.69, 9.17) is 5.73 Å². The van der Waals surface area contributed by atoms with Gasteiger partial charge in [0, 0.05) is 5.33 Å². The number of nitrogens with two attached hydrogens (primary N) is 1. The first-order chi connectivity index (χ1) is 3.62. The van der Waals surface area contributed by atoms with Crippen molar-refractivity contribution in [3.63, 3.8) is 0 Å². The average molecular weight is 261 g/mol. The maximum Gasteiger partial charge on any atom is 0.00831 e. The standard InChI is InChI=1S/C6H14BrN.BrH/c1-6(2,5-7)3-4-8;/h3-5,8H2,1-2H3;1H. The molecule has 0 spiro atoms. The lowest BCUT2D eigenvalue weighted by Crippen LogP contribution is -2.17. The summed E-state index contributed by atoms with van der Waals surface area (Å²) in [6.45, 7) is 5.20. The highest BCUT2D eigenvalue weighted by Gasteiger charge is 2.13. The fraction of sp³-hybridized carbons (Fsp3) is 1.00. The minimum atomic E-state index is 0. The molecule has 0 fully saturated rings. The Morgan fingerprint density at radius 1 is 1.44 bits per heavy atom. The van der Waals surface area contributed by atoms with Gasteiger partial charge in [-0.25, -0.2) is 0 Å². The van der Waals surface area contributed by atoms with Gasteiger partial charge in [0.2, 0.25) is 0 Å². The Kier molecular flexibility index (Phi) is 7.95. The van der Waals surface area contributed by atoms with E-state index < -0.39 is 0 Å². The van der Waals surface area contributed by atoms with Crippen molar-refractivity contribution < 1.29 is 0 Å². The molecule has 0 saturated carbocycles. The molecule has 0 amide bonds. The first-order valence-electron chi connectivity index (χ1n) is 2.88. The van der Waals surface area contributed by atoms with Crippen LogP contribution in [-0.4, -0.2) is 11.9 Å². The third kappa shape index (κ3) is 6.81. The quantitative estimate of drug-likeness (QED) is 0.775. The van der Waals surface area contributed by atoms with Crippen molar-refractivity contribution in [2.24, 2.45) is 11.1 Å². The van der Waals surface area contributed by atoms with Crippen molar-refractivity contribution in [1.29, 1.82) is 0 Å². The van der Waals surface area contributed by atoms with Gasteiger partial charge in [-0.1, -0.05) is 29.8 Å². The molecule has 0 heterocycles. The summed E-state index contributed by atoms with van der Waals surface area (Å²) in [7, 11) is 0. The van der Waals surface area contributed by atoms with Crippen molar-refractivity contribution in [1.82, 2.24) is 0 Å². The molecule has 0 bridgehead atoms. The maximum absolute atomic E-state index is 5.37. The van der Waals surface area contributed by atoms with Crippen molar-refractivity contribution in [2.75, 3.05) is 11.9 Å². The van der Waals surface area contributed by atoms with Crippen LogP contribution in [0.3, 0.4) is 0 Å². The molecule has 0 aliphatic carbocycles. The van der Waals surface area contributed by atoms with E-state index in [0.29, 0.717) is 5.41 Å². The molecule has 2 N–H and O–H groups in total. The fourth-order valence-corrected chi connectivity index (χ4v) is 0.738. The van der Waals surface area contributed by atoms with Crippen molar-refractivity contribution in [3.05, 3.63) is 0 Å². The normalized spacial score (nSPS) is 10.7. The van der Waals surface area contributed by atoms with Gasteiger partial charge < -0.3 is 5.73 Å². The van der Waals surface area contributed by atoms with Gasteiger partial charge >= 0.3 is 0 Å². The van der Waals surface area contributed by atoms with Gasteiger partial charge in [0.25, 0.3) is 0 Å². The second-order valence-electron chi connectivity index (χ2n) is 2.84. The van der Waals surface area contributed by atoms with Gasteiger partial charge in [0.05, 0.1) is 0 Å². The van der Waals surface area contributed by atoms with Crippen molar-refractivity contribution in [3.8, 4) is 0 Å². The summed E-state index contributed by atoms with van der Waals surface area (Å²) in [5, 5.41) is 1.04. The predicted octanol–water partition coefficient (Wildman–Crippen LogP) is 2.33. The summed E-state index contributed by atoms with van der Waals surface area (Å²) in [5.41, 5.74) is 5.75. The Bertz CT molecular complexity index is 64.1. The number of hydrogen-bond acceptors (Lipinski definition) is 1. The second kappa shape index (κ2) is 5.69. The second-order valence-corrected chi connectivity index (χ2v) is 3.40. The molecule has 0 unspecified atom stereocenters. The van der Waals surface area contributed by atoms with E-state index in [1.165, 1.54) is 0 Å². The van der Waals surface area contributed by atoms with Crippen molar-refractivity contribution >= 4 is 32.9 Å². The Labute approximate surface area is 76.3 Å². The molecule has 0 radical (unpaired) electrons. The van der Waals surface area contributed by atoms with E-state index in [0.717, 1.165) is 18.3 Å². The summed E-state index contributed by atoms with van der Waals surface area (Å²) >= 11 is 3.42. The molecular weight excluding hydrogens is 246 g/mol. The molecule has 0 rings (SSSR count). The summed E-state index contributed by atoms with van der Waals surface area (Å²) in [4.78, 5) is 0. The van der Waals surface area contributed by atoms with Gasteiger partial charge in [0.15, 0.2) is 0 Å². The minimum Gasteiger partial charge on any atom is -0.330 e. The summed E-state index contributed by atoms with van der Waals surface area (Å²) in [5.74, 6) is 0. The lowest BCUT2D eigenvalue weighted by atomic mass is 9.92. The SMILES string of the molecule is Br.CC(C)(CBr)CCN. The van der Waals surface area contributed by atoms with E-state index >= 15 is 0 Å². The van der Waals surface area contributed by atoms with Crippen LogP contribution < -0.4 is 5.73 Å². The monoisotopic (exact) mass is 259 g/mol. The molecule has 0 aromatic rings. The zero-order valence-corrected chi connectivity index (χ0v) is 9.28. The smallest absolute Gasteiger partial charge is 0.00831 e. The molecule has 0 aliphatic rings. The number of alkyl halides is 1. The summed E-state index contributed by atoms with van der Waals surface area (Å²) in [6, 6.07) is 0. The van der Waals surface area contributed by atoms with Crippen molar-refractivity contribution in [2.45, 2.75) is 20.3 Å². The van der Waals surface area contributed by atoms with E-state index in [1.54, 1.807) is 0 Å². The fourth-order valence-electron chi connectivity index (χ4n) is 0.458. The minimum absolute atomic E-state index is 0. The molecule has 0 aliphatic heterocycles. The van der Waals surface area contributed by atoms with Crippen LogP contribution >= 0.6 is 32.9 Å². The van der Waals surface area contributed by atoms with Crippen LogP contribution in [0.25, 0.3) is 0 Å². The van der Waals surface area contributed by atoms with E-state index in [9.17, 15) is 0 Å². The Hall–Kier alpha value is 0.920. The Morgan fingerprint density at radius 2 is 1.89 bits per heavy atom. The Morgan fingerprint density at radius 3 is 2.00 bits per heavy atom. The maximum atomic E-state index is 5.37. The average Bonchev–Trinajstić information content (AvgIpc) is 1.67. The highest BCUT2D eigenvalue weighted by atomic mass is 79.9. The van der Waals surface area contributed by atoms with E-state index in [-0.39, 0.29) is 17.0 Å². The Balaban J connectivity index is 0. The molecule has 0 atom stereocenters. The highest BCUT2D eigenvalue weighted by Crippen LogP contribution is 2.21. The first kappa shape index (κ1) is 12.6. The molecule has 0 saturated heterocycles. The molecule has 0 aromatic carbocycles. The lowest BCUT2D eigenvalue weighted by Gasteiger charge is -2.19. The number of rotatable bonds is 3. The van der Waals surface area contributed by atoms with Gasteiger partial charge in [-0.15, -0.1) is 17.0 Å². The van der Waals surface area contributed by atoms with Crippen LogP contribution in [0.15, 0.2) is 0 Å². The number of hydrogen-bond donors (Lipinski definition) is 1. The van der Waals surface area contributed by atoms with Gasteiger partial charge in [0.1, 0.15) is 0 Å². The van der Waals surface area contributed by atoms with E-state index in [1.807, 2.05) is 0 Å². The molecule has 9 heavy (non-hydrogen) atoms. The molecular formula is C6H15Br2N. The molecule has 58 valence electrons. The summed E-state index contributed by atoms with van der Waals surface area (Å²) < 4.78 is 0. The molecule has 0 aromatic heterocycles. The third-order valence-electron chi connectivity index (χ3n) is 1.18. The number of halogens is 2. The van der Waals surface area contributed by atoms with Crippen LogP contribution in [0.2, 0.25) is 0 Å². The largest absolute Gasteiger partial charge is 0.330 e. The van der Waals surface area contributed by atoms with Crippen LogP contribution in [0.5, 0.6) is 0 Å². The third-order valence-corrected chi connectivity index (χ3v) is 2.70. The molecule has 3 heteroatoms. The predicted molar refractivity (Wildman–Crippen MR) is 51.6 cm³/mol. The van der Waals surface area contributed by atoms with Gasteiger partial charge in [-0.05, 0) is 18.4 Å². The van der Waals surface area contributed by atoms with Gasteiger partial charge in [-0.2, -0.15) is 0 Å². The van der Waals surface area contributed by atoms with Crippen LogP contribution in [-0.2, 0) is 0 Å². The van der Waals surface area contributed by atoms with Crippen LogP contribution in [0, 0.1) is 5.41 Å². The first-order valence-corrected chi connectivity index (χ1v) is 4.00. The lowest BCUT2D eigenvalue weighted by molar-refractivity contribution is 0.397. The van der Waals surface area contributed by atoms with Crippen LogP contribution in [0.4, 0.5) is 0 Å². The van der Waals surface area contributed by atoms with E-state index in [2.05, 4.69) is 29.8 Å². The van der Waals surface area contributed by atoms with Crippen LogP contribution in [0.1, 0.15) is 20.3 Å². The van der Waals surface area contributed by atoms with Gasteiger partial charge in [-0.3, -0.25) is 0 Å².